The predicted octanol–water partition coefficient (Wildman–Crippen LogP) is 16.0. The second kappa shape index (κ2) is 15.3. The highest BCUT2D eigenvalue weighted by molar-refractivity contribution is 6.13. The number of rotatable bonds is 6. The third-order valence-electron chi connectivity index (χ3n) is 17.0. The van der Waals surface area contributed by atoms with Crippen LogP contribution in [-0.2, 0) is 16.2 Å². The van der Waals surface area contributed by atoms with Crippen molar-refractivity contribution in [1.29, 1.82) is 0 Å². The normalized spacial score (nSPS) is 17.1. The topological polar surface area (TPSA) is 109 Å². The van der Waals surface area contributed by atoms with Gasteiger partial charge < -0.3 is 35.0 Å². The molecule has 1 unspecified atom stereocenters. The van der Waals surface area contributed by atoms with Crippen LogP contribution in [0.2, 0.25) is 0 Å². The smallest absolute Gasteiger partial charge is 0.208 e. The maximum Gasteiger partial charge on any atom is 0.208 e. The number of phenolic OH excluding ortho intramolecular Hbond substituents is 5. The summed E-state index contributed by atoms with van der Waals surface area (Å²) < 4.78 is 2.46. The average Bonchev–Trinajstić information content (AvgIpc) is 4.05. The fourth-order valence-corrected chi connectivity index (χ4v) is 13.5. The Morgan fingerprint density at radius 3 is 1.74 bits per heavy atom. The number of anilines is 3. The van der Waals surface area contributed by atoms with Crippen molar-refractivity contribution in [3.63, 3.8) is 0 Å². The van der Waals surface area contributed by atoms with Crippen molar-refractivity contribution in [2.24, 2.45) is 0 Å². The Hall–Kier alpha value is -8.94. The van der Waals surface area contributed by atoms with Gasteiger partial charge in [-0.15, -0.1) is 0 Å². The molecule has 1 aliphatic heterocycles. The van der Waals surface area contributed by atoms with Crippen molar-refractivity contribution in [2.75, 3.05) is 4.90 Å². The molecule has 360 valence electrons. The molecule has 5 N–H and O–H groups in total. The molecule has 0 saturated heterocycles. The average molecular weight is 965 g/mol. The lowest BCUT2D eigenvalue weighted by molar-refractivity contribution is 0.330. The Morgan fingerprint density at radius 1 is 0.446 bits per heavy atom. The Balaban J connectivity index is 1.01. The highest BCUT2D eigenvalue weighted by Crippen LogP contribution is 2.60. The molecule has 0 saturated carbocycles. The van der Waals surface area contributed by atoms with Crippen molar-refractivity contribution in [3.05, 3.63) is 233 Å². The maximum atomic E-state index is 11.0. The van der Waals surface area contributed by atoms with Crippen LogP contribution in [-0.4, -0.2) is 30.1 Å². The van der Waals surface area contributed by atoms with E-state index in [1.807, 2.05) is 12.1 Å². The van der Waals surface area contributed by atoms with E-state index in [1.54, 1.807) is 6.07 Å². The van der Waals surface area contributed by atoms with Gasteiger partial charge in [0.2, 0.25) is 17.2 Å². The first kappa shape index (κ1) is 43.8. The van der Waals surface area contributed by atoms with Gasteiger partial charge in [-0.2, -0.15) is 0 Å². The molecular weight excluding hydrogens is 913 g/mol. The van der Waals surface area contributed by atoms with Crippen LogP contribution in [0.25, 0.3) is 60.9 Å². The zero-order valence-corrected chi connectivity index (χ0v) is 41.4. The van der Waals surface area contributed by atoms with Crippen molar-refractivity contribution in [1.82, 2.24) is 4.57 Å². The molecule has 10 aromatic rings. The highest BCUT2D eigenvalue weighted by atomic mass is 16.4. The minimum Gasteiger partial charge on any atom is -0.504 e. The molecule has 0 spiro atoms. The molecule has 74 heavy (non-hydrogen) atoms. The number of para-hydroxylation sites is 2. The Morgan fingerprint density at radius 2 is 1.01 bits per heavy atom. The van der Waals surface area contributed by atoms with Crippen LogP contribution in [0.1, 0.15) is 79.5 Å². The molecule has 0 amide bonds. The molecule has 1 atom stereocenters. The highest BCUT2D eigenvalue weighted by Gasteiger charge is 2.47. The fraction of sp³-hybridized carbons (Fsp3) is 0.134. The number of nitrogens with zero attached hydrogens (tertiary/aromatic N) is 2. The van der Waals surface area contributed by atoms with Crippen molar-refractivity contribution < 1.29 is 25.5 Å². The second-order valence-electron chi connectivity index (χ2n) is 21.5. The van der Waals surface area contributed by atoms with Gasteiger partial charge in [0.15, 0.2) is 11.5 Å². The van der Waals surface area contributed by atoms with Crippen LogP contribution in [0.15, 0.2) is 194 Å². The van der Waals surface area contributed by atoms with Gasteiger partial charge in [-0.3, -0.25) is 0 Å². The van der Waals surface area contributed by atoms with E-state index in [0.717, 1.165) is 57.7 Å². The first-order valence-corrected chi connectivity index (χ1v) is 25.4. The van der Waals surface area contributed by atoms with Crippen LogP contribution in [0.4, 0.5) is 17.1 Å². The van der Waals surface area contributed by atoms with Gasteiger partial charge in [0.25, 0.3) is 0 Å². The molecule has 9 aromatic carbocycles. The first-order valence-electron chi connectivity index (χ1n) is 25.4. The van der Waals surface area contributed by atoms with Crippen molar-refractivity contribution >= 4 is 38.9 Å². The second-order valence-corrected chi connectivity index (χ2v) is 21.5. The standard InChI is InChI=1S/C67H52N2O5/c1-65(2)51-23-13-14-25-57(51)69-56-33-29-41(35-49(56)48-21-15-24-52(65)59(48)69)68(42-27-31-46-45-30-26-38(34-53(45)66(3,4)54(46)36-42)58-60(70)62(72)64(74)63(73)61(58)71)43-28-32-47-44-20-11-12-22-50(44)67(55(47)37-43,39-16-7-5-8-17-39)40-18-9-6-10-19-40/h5,7-9,11-37,70-74H,6,10H2,1-4H3. The van der Waals surface area contributed by atoms with Gasteiger partial charge in [-0.1, -0.05) is 161 Å². The van der Waals surface area contributed by atoms with Crippen LogP contribution >= 0.6 is 0 Å². The van der Waals surface area contributed by atoms with E-state index in [9.17, 15) is 25.5 Å². The summed E-state index contributed by atoms with van der Waals surface area (Å²) in [5.41, 5.74) is 19.6. The predicted molar refractivity (Wildman–Crippen MR) is 297 cm³/mol. The Bertz CT molecular complexity index is 4130. The van der Waals surface area contributed by atoms with Crippen LogP contribution < -0.4 is 4.90 Å². The minimum atomic E-state index is -0.987. The van der Waals surface area contributed by atoms with Gasteiger partial charge in [0, 0.05) is 38.7 Å². The summed E-state index contributed by atoms with van der Waals surface area (Å²) in [6, 6.07) is 61.8. The van der Waals surface area contributed by atoms with Crippen molar-refractivity contribution in [3.8, 4) is 67.8 Å². The summed E-state index contributed by atoms with van der Waals surface area (Å²) in [5, 5.41) is 55.7. The number of hydrogen-bond acceptors (Lipinski definition) is 6. The summed E-state index contributed by atoms with van der Waals surface area (Å²) >= 11 is 0. The molecule has 7 heteroatoms. The molecular formula is C67H52N2O5. The van der Waals surface area contributed by atoms with Gasteiger partial charge >= 0.3 is 0 Å². The zero-order chi connectivity index (χ0) is 50.6. The van der Waals surface area contributed by atoms with Crippen molar-refractivity contribution in [2.45, 2.75) is 56.8 Å². The number of fused-ring (bicyclic) bond motifs is 11. The Labute approximate surface area is 429 Å². The molecule has 14 rings (SSSR count). The molecule has 0 bridgehead atoms. The molecule has 0 radical (unpaired) electrons. The summed E-state index contributed by atoms with van der Waals surface area (Å²) in [7, 11) is 0. The number of benzene rings is 9. The number of hydrogen-bond donors (Lipinski definition) is 5. The van der Waals surface area contributed by atoms with Gasteiger partial charge in [-0.05, 0) is 140 Å². The lowest BCUT2D eigenvalue weighted by Gasteiger charge is -2.36. The summed E-state index contributed by atoms with van der Waals surface area (Å²) in [6.07, 6.45) is 9.08. The lowest BCUT2D eigenvalue weighted by atomic mass is 9.66. The largest absolute Gasteiger partial charge is 0.504 e. The van der Waals surface area contributed by atoms with E-state index in [4.69, 9.17) is 0 Å². The van der Waals surface area contributed by atoms with E-state index >= 15 is 0 Å². The summed E-state index contributed by atoms with van der Waals surface area (Å²) in [5.74, 6) is -4.25. The Kier molecular flexibility index (Phi) is 9.06. The number of phenols is 5. The molecule has 0 fully saturated rings. The molecule has 3 aliphatic carbocycles. The quantitative estimate of drug-likeness (QED) is 0.0839. The van der Waals surface area contributed by atoms with Gasteiger partial charge in [0.05, 0.1) is 27.7 Å². The van der Waals surface area contributed by atoms with E-state index in [0.29, 0.717) is 5.56 Å². The molecule has 1 aromatic heterocycles. The third kappa shape index (κ3) is 5.66. The monoisotopic (exact) mass is 964 g/mol. The fourth-order valence-electron chi connectivity index (χ4n) is 13.5. The number of allylic oxidation sites excluding steroid dienone is 4. The van der Waals surface area contributed by atoms with Crippen LogP contribution in [0.5, 0.6) is 28.7 Å². The third-order valence-corrected chi connectivity index (χ3v) is 17.0. The zero-order valence-electron chi connectivity index (χ0n) is 41.4. The molecule has 4 aliphatic rings. The maximum absolute atomic E-state index is 11.0. The molecule has 2 heterocycles. The van der Waals surface area contributed by atoms with E-state index < -0.39 is 39.6 Å². The van der Waals surface area contributed by atoms with Crippen LogP contribution in [0.3, 0.4) is 0 Å². The summed E-state index contributed by atoms with van der Waals surface area (Å²) in [4.78, 5) is 2.41. The van der Waals surface area contributed by atoms with E-state index in [1.165, 1.54) is 66.5 Å². The summed E-state index contributed by atoms with van der Waals surface area (Å²) in [6.45, 7) is 9.01. The minimum absolute atomic E-state index is 0.171. The van der Waals surface area contributed by atoms with E-state index in [-0.39, 0.29) is 11.0 Å². The SMILES string of the molecule is CC1(C)c2cc(-c3c(O)c(O)c(O)c(O)c3O)ccc2-c2ccc(N(c3ccc4c(c3)C(C3=CCCC=C3)(c3ccccc3)c3ccccc3-4)c3ccc4c(c3)c3cccc5c3n4-c3ccccc3C5(C)C)cc21. The first-order chi connectivity index (χ1) is 35.8. The lowest BCUT2D eigenvalue weighted by Crippen LogP contribution is -2.29. The number of aromatic hydroxyl groups is 5. The molecule has 7 nitrogen and oxygen atoms in total. The van der Waals surface area contributed by atoms with Crippen LogP contribution in [0, 0.1) is 0 Å². The van der Waals surface area contributed by atoms with E-state index in [2.05, 4.69) is 207 Å². The van der Waals surface area contributed by atoms with Gasteiger partial charge in [-0.25, -0.2) is 0 Å². The number of aromatic nitrogens is 1. The van der Waals surface area contributed by atoms with Gasteiger partial charge in [0.1, 0.15) is 0 Å².